The van der Waals surface area contributed by atoms with Gasteiger partial charge in [0.2, 0.25) is 0 Å². The van der Waals surface area contributed by atoms with Crippen molar-refractivity contribution in [2.75, 3.05) is 0 Å². The number of Topliss-reactive ketones (excluding diaryl/α,β-unsaturated/α-hetero) is 1. The molecule has 0 unspecified atom stereocenters. The Hall–Kier alpha value is -0.330. The molecule has 0 spiro atoms. The third-order valence-electron chi connectivity index (χ3n) is 1.34. The quantitative estimate of drug-likeness (QED) is 0.597. The van der Waals surface area contributed by atoms with Crippen LogP contribution in [0.4, 0.5) is 0 Å². The van der Waals surface area contributed by atoms with Gasteiger partial charge in [0, 0.05) is 12.8 Å². The van der Waals surface area contributed by atoms with Crippen LogP contribution in [0.25, 0.3) is 0 Å². The summed E-state index contributed by atoms with van der Waals surface area (Å²) in [6.45, 7) is 4.16. The number of carbonyl (C=O) groups is 1. The van der Waals surface area contributed by atoms with Crippen molar-refractivity contribution in [2.24, 2.45) is 0 Å². The fourth-order valence-corrected chi connectivity index (χ4v) is 0.778. The van der Waals surface area contributed by atoms with Crippen LogP contribution >= 0.6 is 0 Å². The van der Waals surface area contributed by atoms with Crippen LogP contribution in [0.1, 0.15) is 60.8 Å². The molecule has 0 aromatic rings. The fourth-order valence-electron chi connectivity index (χ4n) is 0.778. The van der Waals surface area contributed by atoms with Crippen molar-refractivity contribution in [2.45, 2.75) is 60.8 Å². The Labute approximate surface area is 72.2 Å². The normalized spacial score (nSPS) is 7.82. The first-order valence-corrected chi connectivity index (χ1v) is 3.83. The smallest absolute Gasteiger partial charge is 0.132 e. The molecule has 0 N–H and O–H groups in total. The maximum atomic E-state index is 10.8. The Morgan fingerprint density at radius 3 is 1.91 bits per heavy atom. The molecule has 11 heavy (non-hydrogen) atoms. The number of rotatable bonds is 5. The molecule has 0 aliphatic heterocycles. The second-order valence-electron chi connectivity index (χ2n) is 2.39. The molecular formula is C10H24O. The minimum atomic E-state index is 0. The Bertz CT molecular complexity index is 76.9. The van der Waals surface area contributed by atoms with Crippen molar-refractivity contribution < 1.29 is 4.79 Å². The van der Waals surface area contributed by atoms with Gasteiger partial charge >= 0.3 is 0 Å². The van der Waals surface area contributed by atoms with Gasteiger partial charge in [0.05, 0.1) is 0 Å². The summed E-state index contributed by atoms with van der Waals surface area (Å²) in [5.41, 5.74) is 0. The molecule has 1 nitrogen and oxygen atoms in total. The predicted molar refractivity (Wildman–Crippen MR) is 52.9 cm³/mol. The van der Waals surface area contributed by atoms with Gasteiger partial charge in [-0.2, -0.15) is 0 Å². The topological polar surface area (TPSA) is 17.1 Å². The van der Waals surface area contributed by atoms with Crippen molar-refractivity contribution in [3.05, 3.63) is 0 Å². The molecule has 0 aromatic carbocycles. The highest BCUT2D eigenvalue weighted by Gasteiger charge is 1.96. The summed E-state index contributed by atoms with van der Waals surface area (Å²) in [5, 5.41) is 0. The zero-order chi connectivity index (χ0) is 7.11. The molecule has 0 radical (unpaired) electrons. The first kappa shape index (κ1) is 17.0. The predicted octanol–water partition coefficient (Wildman–Crippen LogP) is 3.82. The summed E-state index contributed by atoms with van der Waals surface area (Å²) in [5.74, 6) is 0.430. The number of hydrogen-bond donors (Lipinski definition) is 0. The summed E-state index contributed by atoms with van der Waals surface area (Å²) >= 11 is 0. The van der Waals surface area contributed by atoms with Gasteiger partial charge in [-0.25, -0.2) is 0 Å². The van der Waals surface area contributed by atoms with Gasteiger partial charge in [-0.15, -0.1) is 0 Å². The van der Waals surface area contributed by atoms with Crippen molar-refractivity contribution >= 4 is 5.78 Å². The lowest BCUT2D eigenvalue weighted by molar-refractivity contribution is -0.119. The van der Waals surface area contributed by atoms with Crippen molar-refractivity contribution in [3.63, 3.8) is 0 Å². The fraction of sp³-hybridized carbons (Fsp3) is 0.900. The van der Waals surface area contributed by atoms with Gasteiger partial charge < -0.3 is 0 Å². The molecular weight excluding hydrogens is 136 g/mol. The highest BCUT2D eigenvalue weighted by atomic mass is 16.1. The van der Waals surface area contributed by atoms with Crippen LogP contribution in [0.2, 0.25) is 0 Å². The second-order valence-corrected chi connectivity index (χ2v) is 2.39. The molecule has 0 saturated heterocycles. The van der Waals surface area contributed by atoms with Crippen molar-refractivity contribution in [1.82, 2.24) is 0 Å². The highest BCUT2D eigenvalue weighted by molar-refractivity contribution is 5.78. The number of unbranched alkanes of at least 4 members (excludes halogenated alkanes) is 1. The van der Waals surface area contributed by atoms with Crippen LogP contribution in [-0.4, -0.2) is 5.78 Å². The van der Waals surface area contributed by atoms with E-state index in [4.69, 9.17) is 0 Å². The molecule has 0 heterocycles. The Balaban J connectivity index is -0.000000320. The van der Waals surface area contributed by atoms with E-state index in [0.717, 1.165) is 32.1 Å². The van der Waals surface area contributed by atoms with Crippen LogP contribution in [0.3, 0.4) is 0 Å². The molecule has 0 aliphatic rings. The number of hydrogen-bond acceptors (Lipinski definition) is 1. The zero-order valence-electron chi connectivity index (χ0n) is 6.44. The van der Waals surface area contributed by atoms with E-state index in [1.54, 1.807) is 0 Å². The van der Waals surface area contributed by atoms with Crippen molar-refractivity contribution in [3.8, 4) is 0 Å². The summed E-state index contributed by atoms with van der Waals surface area (Å²) in [7, 11) is 0. The van der Waals surface area contributed by atoms with E-state index in [9.17, 15) is 4.79 Å². The van der Waals surface area contributed by atoms with Gasteiger partial charge in [-0.1, -0.05) is 35.1 Å². The lowest BCUT2D eigenvalue weighted by Gasteiger charge is -1.94. The van der Waals surface area contributed by atoms with Crippen LogP contribution in [0.15, 0.2) is 0 Å². The molecule has 0 atom stereocenters. The third-order valence-corrected chi connectivity index (χ3v) is 1.34. The first-order chi connectivity index (χ1) is 4.31. The zero-order valence-corrected chi connectivity index (χ0v) is 6.44. The molecule has 0 bridgehead atoms. The van der Waals surface area contributed by atoms with E-state index in [1.807, 2.05) is 6.92 Å². The van der Waals surface area contributed by atoms with Gasteiger partial charge in [-0.3, -0.25) is 4.79 Å². The lowest BCUT2D eigenvalue weighted by Crippen LogP contribution is -1.95. The third kappa shape index (κ3) is 12.8. The maximum Gasteiger partial charge on any atom is 0.132 e. The minimum Gasteiger partial charge on any atom is -0.300 e. The van der Waals surface area contributed by atoms with Gasteiger partial charge in [0.15, 0.2) is 0 Å². The molecule has 1 heteroatoms. The Morgan fingerprint density at radius 2 is 1.55 bits per heavy atom. The molecule has 0 amide bonds. The molecule has 0 rings (SSSR count). The van der Waals surface area contributed by atoms with Crippen LogP contribution in [-0.2, 0) is 4.79 Å². The average molecular weight is 160 g/mol. The second kappa shape index (κ2) is 12.4. The standard InChI is InChI=1S/C8H16O.2CH4/c1-3-5-7-8(9)6-4-2;;/h3-7H2,1-2H3;2*1H4. The Kier molecular flexibility index (Phi) is 19.1. The summed E-state index contributed by atoms with van der Waals surface area (Å²) < 4.78 is 0. The molecule has 0 fully saturated rings. The van der Waals surface area contributed by atoms with E-state index >= 15 is 0 Å². The van der Waals surface area contributed by atoms with Crippen molar-refractivity contribution in [1.29, 1.82) is 0 Å². The van der Waals surface area contributed by atoms with E-state index in [2.05, 4.69) is 6.92 Å². The minimum absolute atomic E-state index is 0. The van der Waals surface area contributed by atoms with Crippen LogP contribution in [0, 0.1) is 0 Å². The van der Waals surface area contributed by atoms with Gasteiger partial charge in [0.25, 0.3) is 0 Å². The molecule has 0 aliphatic carbocycles. The molecule has 0 saturated carbocycles. The van der Waals surface area contributed by atoms with E-state index in [-0.39, 0.29) is 14.9 Å². The first-order valence-electron chi connectivity index (χ1n) is 3.83. The highest BCUT2D eigenvalue weighted by Crippen LogP contribution is 1.99. The van der Waals surface area contributed by atoms with E-state index < -0.39 is 0 Å². The maximum absolute atomic E-state index is 10.8. The van der Waals surface area contributed by atoms with Gasteiger partial charge in [-0.05, 0) is 12.8 Å². The lowest BCUT2D eigenvalue weighted by atomic mass is 10.1. The number of carbonyl (C=O) groups excluding carboxylic acids is 1. The van der Waals surface area contributed by atoms with Crippen LogP contribution < -0.4 is 0 Å². The average Bonchev–Trinajstić information content (AvgIpc) is 1.85. The molecule has 0 aromatic heterocycles. The van der Waals surface area contributed by atoms with Gasteiger partial charge in [0.1, 0.15) is 5.78 Å². The summed E-state index contributed by atoms with van der Waals surface area (Å²) in [6, 6.07) is 0. The summed E-state index contributed by atoms with van der Waals surface area (Å²) in [4.78, 5) is 10.8. The SMILES string of the molecule is C.C.CCCCC(=O)CCC. The number of ketones is 1. The monoisotopic (exact) mass is 160 g/mol. The Morgan fingerprint density at radius 1 is 1.00 bits per heavy atom. The largest absolute Gasteiger partial charge is 0.300 e. The van der Waals surface area contributed by atoms with Crippen LogP contribution in [0.5, 0.6) is 0 Å². The van der Waals surface area contributed by atoms with E-state index in [1.165, 1.54) is 0 Å². The molecule has 70 valence electrons. The summed E-state index contributed by atoms with van der Waals surface area (Å²) in [6.07, 6.45) is 4.78. The van der Waals surface area contributed by atoms with E-state index in [0.29, 0.717) is 5.78 Å².